The van der Waals surface area contributed by atoms with Gasteiger partial charge >= 0.3 is 0 Å². The lowest BCUT2D eigenvalue weighted by Gasteiger charge is -2.00. The Hall–Kier alpha value is -0.780. The van der Waals surface area contributed by atoms with Crippen molar-refractivity contribution in [3.63, 3.8) is 0 Å². The van der Waals surface area contributed by atoms with Crippen LogP contribution in [0, 0.1) is 0 Å². The standard InChI is InChI=1S/C11H11BrN2OS/c12-10-2-1-5-14-11(10)16-7-9-4-3-8(6-13)15-9/h1-5H,6-7,13H2. The van der Waals surface area contributed by atoms with Crippen molar-refractivity contribution in [3.05, 3.63) is 46.5 Å². The molecule has 16 heavy (non-hydrogen) atoms. The average molecular weight is 299 g/mol. The summed E-state index contributed by atoms with van der Waals surface area (Å²) in [6.45, 7) is 0.442. The maximum Gasteiger partial charge on any atom is 0.117 e. The number of halogens is 1. The zero-order chi connectivity index (χ0) is 11.4. The number of nitrogens with two attached hydrogens (primary N) is 1. The highest BCUT2D eigenvalue weighted by Crippen LogP contribution is 2.27. The minimum absolute atomic E-state index is 0.442. The normalized spacial score (nSPS) is 10.6. The van der Waals surface area contributed by atoms with E-state index in [1.54, 1.807) is 18.0 Å². The van der Waals surface area contributed by atoms with Crippen molar-refractivity contribution in [1.29, 1.82) is 0 Å². The van der Waals surface area contributed by atoms with Gasteiger partial charge in [0.2, 0.25) is 0 Å². The minimum atomic E-state index is 0.442. The van der Waals surface area contributed by atoms with Gasteiger partial charge in [0, 0.05) is 10.7 Å². The maximum atomic E-state index is 5.51. The van der Waals surface area contributed by atoms with E-state index in [2.05, 4.69) is 20.9 Å². The second-order valence-corrected chi connectivity index (χ2v) is 4.97. The fraction of sp³-hybridized carbons (Fsp3) is 0.182. The smallest absolute Gasteiger partial charge is 0.117 e. The first kappa shape index (κ1) is 11.7. The van der Waals surface area contributed by atoms with Gasteiger partial charge in [-0.1, -0.05) is 11.8 Å². The Morgan fingerprint density at radius 1 is 1.31 bits per heavy atom. The van der Waals surface area contributed by atoms with Crippen LogP contribution in [-0.4, -0.2) is 4.98 Å². The van der Waals surface area contributed by atoms with Crippen LogP contribution in [-0.2, 0) is 12.3 Å². The van der Waals surface area contributed by atoms with Crippen molar-refractivity contribution < 1.29 is 4.42 Å². The molecule has 0 aliphatic carbocycles. The first-order valence-corrected chi connectivity index (χ1v) is 6.58. The predicted octanol–water partition coefficient (Wildman–Crippen LogP) is 3.19. The third kappa shape index (κ3) is 2.87. The van der Waals surface area contributed by atoms with Crippen LogP contribution in [0.4, 0.5) is 0 Å². The van der Waals surface area contributed by atoms with Gasteiger partial charge in [0.1, 0.15) is 16.5 Å². The highest BCUT2D eigenvalue weighted by molar-refractivity contribution is 9.10. The number of pyridine rings is 1. The van der Waals surface area contributed by atoms with E-state index in [-0.39, 0.29) is 0 Å². The highest BCUT2D eigenvalue weighted by Gasteiger charge is 2.04. The first-order chi connectivity index (χ1) is 7.79. The molecule has 2 aromatic heterocycles. The van der Waals surface area contributed by atoms with E-state index >= 15 is 0 Å². The molecule has 0 bridgehead atoms. The molecule has 0 aromatic carbocycles. The number of aromatic nitrogens is 1. The van der Waals surface area contributed by atoms with Crippen molar-refractivity contribution in [2.24, 2.45) is 5.73 Å². The summed E-state index contributed by atoms with van der Waals surface area (Å²) in [7, 11) is 0. The second-order valence-electron chi connectivity index (χ2n) is 3.15. The van der Waals surface area contributed by atoms with Gasteiger partial charge in [0.25, 0.3) is 0 Å². The molecule has 3 nitrogen and oxygen atoms in total. The van der Waals surface area contributed by atoms with Crippen LogP contribution in [0.2, 0.25) is 0 Å². The minimum Gasteiger partial charge on any atom is -0.464 e. The van der Waals surface area contributed by atoms with Crippen LogP contribution in [0.25, 0.3) is 0 Å². The number of thioether (sulfide) groups is 1. The number of furan rings is 1. The molecule has 0 aliphatic rings. The van der Waals surface area contributed by atoms with Crippen LogP contribution in [0.3, 0.4) is 0 Å². The molecule has 0 saturated heterocycles. The van der Waals surface area contributed by atoms with Crippen molar-refractivity contribution >= 4 is 27.7 Å². The topological polar surface area (TPSA) is 52.0 Å². The first-order valence-electron chi connectivity index (χ1n) is 4.80. The number of hydrogen-bond donors (Lipinski definition) is 1. The van der Waals surface area contributed by atoms with Gasteiger partial charge in [-0.25, -0.2) is 4.98 Å². The molecule has 84 valence electrons. The Bertz CT molecular complexity index is 473. The Balaban J connectivity index is 1.99. The van der Waals surface area contributed by atoms with E-state index < -0.39 is 0 Å². The molecule has 0 aliphatic heterocycles. The number of nitrogens with zero attached hydrogens (tertiary/aromatic N) is 1. The molecule has 0 atom stereocenters. The highest BCUT2D eigenvalue weighted by atomic mass is 79.9. The molecule has 5 heteroatoms. The zero-order valence-corrected chi connectivity index (χ0v) is 10.9. The van der Waals surface area contributed by atoms with Crippen LogP contribution in [0.1, 0.15) is 11.5 Å². The van der Waals surface area contributed by atoms with Crippen molar-refractivity contribution in [2.75, 3.05) is 0 Å². The average Bonchev–Trinajstić information content (AvgIpc) is 2.76. The lowest BCUT2D eigenvalue weighted by molar-refractivity contribution is 0.482. The van der Waals surface area contributed by atoms with Gasteiger partial charge in [-0.15, -0.1) is 0 Å². The third-order valence-corrected chi connectivity index (χ3v) is 3.92. The second kappa shape index (κ2) is 5.52. The fourth-order valence-electron chi connectivity index (χ4n) is 1.23. The Morgan fingerprint density at radius 3 is 2.81 bits per heavy atom. The summed E-state index contributed by atoms with van der Waals surface area (Å²) >= 11 is 5.09. The van der Waals surface area contributed by atoms with Gasteiger partial charge in [0.15, 0.2) is 0 Å². The molecule has 0 fully saturated rings. The Morgan fingerprint density at radius 2 is 2.12 bits per heavy atom. The SMILES string of the molecule is NCc1ccc(CSc2ncccc2Br)o1. The molecule has 0 amide bonds. The van der Waals surface area contributed by atoms with Crippen LogP contribution in [0.15, 0.2) is 44.4 Å². The summed E-state index contributed by atoms with van der Waals surface area (Å²) in [4.78, 5) is 4.27. The predicted molar refractivity (Wildman–Crippen MR) is 68.1 cm³/mol. The van der Waals surface area contributed by atoms with Crippen molar-refractivity contribution in [1.82, 2.24) is 4.98 Å². The molecule has 2 rings (SSSR count). The van der Waals surface area contributed by atoms with Crippen LogP contribution < -0.4 is 5.73 Å². The summed E-state index contributed by atoms with van der Waals surface area (Å²) < 4.78 is 6.51. The number of hydrogen-bond acceptors (Lipinski definition) is 4. The molecule has 2 N–H and O–H groups in total. The Kier molecular flexibility index (Phi) is 4.04. The molecule has 2 heterocycles. The van der Waals surface area contributed by atoms with E-state index in [0.29, 0.717) is 6.54 Å². The van der Waals surface area contributed by atoms with Crippen LogP contribution in [0.5, 0.6) is 0 Å². The molecule has 0 unspecified atom stereocenters. The summed E-state index contributed by atoms with van der Waals surface area (Å²) in [5.41, 5.74) is 5.47. The summed E-state index contributed by atoms with van der Waals surface area (Å²) in [5.74, 6) is 2.49. The largest absolute Gasteiger partial charge is 0.464 e. The van der Waals surface area contributed by atoms with E-state index in [4.69, 9.17) is 10.2 Å². The lowest BCUT2D eigenvalue weighted by atomic mass is 10.4. The van der Waals surface area contributed by atoms with Crippen LogP contribution >= 0.6 is 27.7 Å². The van der Waals surface area contributed by atoms with E-state index in [1.807, 2.05) is 24.3 Å². The van der Waals surface area contributed by atoms with E-state index in [0.717, 1.165) is 26.8 Å². The van der Waals surface area contributed by atoms with Gasteiger partial charge in [-0.05, 0) is 40.2 Å². The molecular weight excluding hydrogens is 288 g/mol. The monoisotopic (exact) mass is 298 g/mol. The lowest BCUT2D eigenvalue weighted by Crippen LogP contribution is -1.92. The van der Waals surface area contributed by atoms with Crippen molar-refractivity contribution in [3.8, 4) is 0 Å². The maximum absolute atomic E-state index is 5.51. The Labute approximate surface area is 107 Å². The molecular formula is C11H11BrN2OS. The molecule has 0 radical (unpaired) electrons. The van der Waals surface area contributed by atoms with Crippen molar-refractivity contribution in [2.45, 2.75) is 17.3 Å². The molecule has 0 saturated carbocycles. The molecule has 0 spiro atoms. The summed E-state index contributed by atoms with van der Waals surface area (Å²) in [6.07, 6.45) is 1.78. The van der Waals surface area contributed by atoms with Gasteiger partial charge in [-0.2, -0.15) is 0 Å². The quantitative estimate of drug-likeness (QED) is 0.881. The van der Waals surface area contributed by atoms with Gasteiger partial charge in [-0.3, -0.25) is 0 Å². The number of rotatable bonds is 4. The fourth-order valence-corrected chi connectivity index (χ4v) is 2.60. The summed E-state index contributed by atoms with van der Waals surface area (Å²) in [5, 5.41) is 0.966. The third-order valence-electron chi connectivity index (χ3n) is 1.99. The van der Waals surface area contributed by atoms with E-state index in [1.165, 1.54) is 0 Å². The molecule has 2 aromatic rings. The summed E-state index contributed by atoms with van der Waals surface area (Å²) in [6, 6.07) is 7.73. The van der Waals surface area contributed by atoms with Gasteiger partial charge in [0.05, 0.1) is 12.3 Å². The zero-order valence-electron chi connectivity index (χ0n) is 8.52. The van der Waals surface area contributed by atoms with Gasteiger partial charge < -0.3 is 10.2 Å². The van der Waals surface area contributed by atoms with E-state index in [9.17, 15) is 0 Å².